The first kappa shape index (κ1) is 14.7. The van der Waals surface area contributed by atoms with Gasteiger partial charge in [0, 0.05) is 11.1 Å². The van der Waals surface area contributed by atoms with Gasteiger partial charge in [-0.2, -0.15) is 0 Å². The molecule has 118 valence electrons. The van der Waals surface area contributed by atoms with Gasteiger partial charge in [-0.1, -0.05) is 42.5 Å². The second-order valence-electron chi connectivity index (χ2n) is 5.59. The second kappa shape index (κ2) is 5.98. The van der Waals surface area contributed by atoms with E-state index < -0.39 is 5.97 Å². The minimum absolute atomic E-state index is 0.00536. The molecule has 0 saturated heterocycles. The molecular weight excluding hydrogens is 318 g/mol. The van der Waals surface area contributed by atoms with Gasteiger partial charge >= 0.3 is 5.97 Å². The van der Waals surface area contributed by atoms with Crippen LogP contribution < -0.4 is 0 Å². The lowest BCUT2D eigenvalue weighted by Crippen LogP contribution is -2.08. The second-order valence-corrected chi connectivity index (χ2v) is 6.54. The lowest BCUT2D eigenvalue weighted by atomic mass is 10.1. The molecule has 4 rings (SSSR count). The van der Waals surface area contributed by atoms with Crippen LogP contribution in [0, 0.1) is 0 Å². The van der Waals surface area contributed by atoms with E-state index in [2.05, 4.69) is 28.8 Å². The molecule has 0 aliphatic heterocycles. The maximum Gasteiger partial charge on any atom is 0.309 e. The number of fused-ring (bicyclic) bond motifs is 1. The standard InChI is InChI=1S/C20H15NO2S/c22-20(23)13-15-10-11-18(19-9-4-12-24-19)21(15)17-8-3-6-14-5-1-2-7-16(14)17/h1-12H,13H2,(H,22,23). The number of carbonyl (C=O) groups is 1. The maximum absolute atomic E-state index is 11.3. The van der Waals surface area contributed by atoms with Crippen LogP contribution in [0.3, 0.4) is 0 Å². The first-order chi connectivity index (χ1) is 11.7. The van der Waals surface area contributed by atoms with Gasteiger partial charge in [-0.05, 0) is 35.0 Å². The smallest absolute Gasteiger partial charge is 0.309 e. The van der Waals surface area contributed by atoms with Gasteiger partial charge < -0.3 is 9.67 Å². The summed E-state index contributed by atoms with van der Waals surface area (Å²) >= 11 is 1.65. The van der Waals surface area contributed by atoms with Gasteiger partial charge in [-0.25, -0.2) is 0 Å². The third kappa shape index (κ3) is 2.51. The third-order valence-corrected chi connectivity index (χ3v) is 4.97. The van der Waals surface area contributed by atoms with E-state index in [0.717, 1.165) is 32.7 Å². The van der Waals surface area contributed by atoms with Gasteiger partial charge in [0.2, 0.25) is 0 Å². The number of aliphatic carboxylic acids is 1. The van der Waals surface area contributed by atoms with Gasteiger partial charge in [0.15, 0.2) is 0 Å². The molecule has 0 amide bonds. The van der Waals surface area contributed by atoms with Crippen LogP contribution in [0.4, 0.5) is 0 Å². The molecule has 2 aromatic heterocycles. The van der Waals surface area contributed by atoms with E-state index in [0.29, 0.717) is 0 Å². The number of benzene rings is 2. The fourth-order valence-corrected chi connectivity index (χ4v) is 3.82. The topological polar surface area (TPSA) is 42.2 Å². The molecule has 0 atom stereocenters. The summed E-state index contributed by atoms with van der Waals surface area (Å²) in [4.78, 5) is 12.4. The SMILES string of the molecule is O=C(O)Cc1ccc(-c2cccs2)n1-c1cccc2ccccc12. The predicted octanol–water partition coefficient (Wildman–Crippen LogP) is 4.99. The summed E-state index contributed by atoms with van der Waals surface area (Å²) in [6.45, 7) is 0. The Morgan fingerprint density at radius 3 is 2.58 bits per heavy atom. The number of aromatic nitrogens is 1. The highest BCUT2D eigenvalue weighted by Crippen LogP contribution is 2.33. The molecule has 4 aromatic rings. The Bertz CT molecular complexity index is 1010. The van der Waals surface area contributed by atoms with E-state index in [1.807, 2.05) is 47.8 Å². The molecule has 24 heavy (non-hydrogen) atoms. The third-order valence-electron chi connectivity index (χ3n) is 4.08. The van der Waals surface area contributed by atoms with Crippen LogP contribution in [0.1, 0.15) is 5.69 Å². The van der Waals surface area contributed by atoms with Crippen molar-refractivity contribution in [2.75, 3.05) is 0 Å². The maximum atomic E-state index is 11.3. The van der Waals surface area contributed by atoms with E-state index in [4.69, 9.17) is 0 Å². The highest BCUT2D eigenvalue weighted by Gasteiger charge is 2.16. The van der Waals surface area contributed by atoms with E-state index in [9.17, 15) is 9.90 Å². The van der Waals surface area contributed by atoms with E-state index in [1.54, 1.807) is 11.3 Å². The molecule has 0 saturated carbocycles. The molecule has 0 unspecified atom stereocenters. The molecule has 0 radical (unpaired) electrons. The zero-order valence-electron chi connectivity index (χ0n) is 12.8. The van der Waals surface area contributed by atoms with E-state index in [1.165, 1.54) is 0 Å². The lowest BCUT2D eigenvalue weighted by molar-refractivity contribution is -0.136. The van der Waals surface area contributed by atoms with Crippen molar-refractivity contribution in [3.05, 3.63) is 77.8 Å². The predicted molar refractivity (Wildman–Crippen MR) is 97.9 cm³/mol. The largest absolute Gasteiger partial charge is 0.481 e. The van der Waals surface area contributed by atoms with Gasteiger partial charge in [0.25, 0.3) is 0 Å². The Morgan fingerprint density at radius 2 is 1.79 bits per heavy atom. The van der Waals surface area contributed by atoms with E-state index >= 15 is 0 Å². The highest BCUT2D eigenvalue weighted by atomic mass is 32.1. The molecule has 0 aliphatic carbocycles. The molecule has 0 spiro atoms. The summed E-state index contributed by atoms with van der Waals surface area (Å²) in [5.74, 6) is -0.827. The first-order valence-electron chi connectivity index (χ1n) is 7.68. The van der Waals surface area contributed by atoms with Crippen molar-refractivity contribution in [2.45, 2.75) is 6.42 Å². The molecular formula is C20H15NO2S. The van der Waals surface area contributed by atoms with Gasteiger partial charge in [0.1, 0.15) is 0 Å². The Balaban J connectivity index is 2.01. The van der Waals surface area contributed by atoms with Crippen molar-refractivity contribution in [1.82, 2.24) is 4.57 Å². The minimum atomic E-state index is -0.827. The number of hydrogen-bond acceptors (Lipinski definition) is 2. The van der Waals surface area contributed by atoms with Crippen molar-refractivity contribution >= 4 is 28.1 Å². The van der Waals surface area contributed by atoms with Crippen LogP contribution in [0.2, 0.25) is 0 Å². The van der Waals surface area contributed by atoms with Crippen LogP contribution in [-0.4, -0.2) is 15.6 Å². The molecule has 0 bridgehead atoms. The van der Waals surface area contributed by atoms with Crippen LogP contribution in [0.25, 0.3) is 27.0 Å². The van der Waals surface area contributed by atoms with Crippen LogP contribution in [0.5, 0.6) is 0 Å². The molecule has 2 aromatic carbocycles. The first-order valence-corrected chi connectivity index (χ1v) is 8.56. The average molecular weight is 333 g/mol. The molecule has 3 nitrogen and oxygen atoms in total. The fraction of sp³-hybridized carbons (Fsp3) is 0.0500. The minimum Gasteiger partial charge on any atom is -0.481 e. The number of hydrogen-bond donors (Lipinski definition) is 1. The number of carboxylic acid groups (broad SMARTS) is 1. The summed E-state index contributed by atoms with van der Waals surface area (Å²) < 4.78 is 2.07. The zero-order chi connectivity index (χ0) is 16.5. The van der Waals surface area contributed by atoms with Crippen LogP contribution in [-0.2, 0) is 11.2 Å². The average Bonchev–Trinajstić information content (AvgIpc) is 3.23. The fourth-order valence-electron chi connectivity index (χ4n) is 3.08. The molecule has 0 aliphatic rings. The Labute approximate surface area is 143 Å². The molecule has 4 heteroatoms. The van der Waals surface area contributed by atoms with Gasteiger partial charge in [-0.3, -0.25) is 4.79 Å². The molecule has 2 heterocycles. The van der Waals surface area contributed by atoms with Gasteiger partial charge in [0.05, 0.1) is 22.7 Å². The summed E-state index contributed by atoms with van der Waals surface area (Å²) in [5.41, 5.74) is 2.82. The van der Waals surface area contributed by atoms with E-state index in [-0.39, 0.29) is 6.42 Å². The summed E-state index contributed by atoms with van der Waals surface area (Å²) in [6, 6.07) is 22.3. The molecule has 1 N–H and O–H groups in total. The number of nitrogens with zero attached hydrogens (tertiary/aromatic N) is 1. The monoisotopic (exact) mass is 333 g/mol. The quantitative estimate of drug-likeness (QED) is 0.572. The Morgan fingerprint density at radius 1 is 0.958 bits per heavy atom. The van der Waals surface area contributed by atoms with Crippen LogP contribution in [0.15, 0.2) is 72.1 Å². The van der Waals surface area contributed by atoms with Crippen molar-refractivity contribution in [3.63, 3.8) is 0 Å². The number of carboxylic acids is 1. The Kier molecular flexibility index (Phi) is 3.67. The lowest BCUT2D eigenvalue weighted by Gasteiger charge is -2.15. The number of rotatable bonds is 4. The molecule has 0 fully saturated rings. The van der Waals surface area contributed by atoms with Crippen molar-refractivity contribution < 1.29 is 9.90 Å². The van der Waals surface area contributed by atoms with Crippen molar-refractivity contribution in [2.24, 2.45) is 0 Å². The summed E-state index contributed by atoms with van der Waals surface area (Å²) in [5, 5.41) is 13.6. The van der Waals surface area contributed by atoms with Crippen molar-refractivity contribution in [3.8, 4) is 16.3 Å². The summed E-state index contributed by atoms with van der Waals surface area (Å²) in [7, 11) is 0. The van der Waals surface area contributed by atoms with Crippen LogP contribution >= 0.6 is 11.3 Å². The van der Waals surface area contributed by atoms with Crippen molar-refractivity contribution in [1.29, 1.82) is 0 Å². The van der Waals surface area contributed by atoms with Gasteiger partial charge in [-0.15, -0.1) is 11.3 Å². The number of thiophene rings is 1. The highest BCUT2D eigenvalue weighted by molar-refractivity contribution is 7.13. The zero-order valence-corrected chi connectivity index (χ0v) is 13.7. The summed E-state index contributed by atoms with van der Waals surface area (Å²) in [6.07, 6.45) is -0.00536. The Hall–Kier alpha value is -2.85. The normalized spacial score (nSPS) is 11.0.